The lowest BCUT2D eigenvalue weighted by Gasteiger charge is -2.22. The minimum atomic E-state index is -0.240. The van der Waals surface area contributed by atoms with Crippen LogP contribution in [0.4, 0.5) is 0 Å². The first-order valence-electron chi connectivity index (χ1n) is 6.32. The van der Waals surface area contributed by atoms with Gasteiger partial charge in [0.15, 0.2) is 0 Å². The average Bonchev–Trinajstić information content (AvgIpc) is 3.01. The van der Waals surface area contributed by atoms with Crippen molar-refractivity contribution in [1.82, 2.24) is 9.97 Å². The first-order valence-corrected chi connectivity index (χ1v) is 6.32. The van der Waals surface area contributed by atoms with Gasteiger partial charge in [-0.05, 0) is 38.7 Å². The van der Waals surface area contributed by atoms with Crippen molar-refractivity contribution in [3.8, 4) is 0 Å². The van der Waals surface area contributed by atoms with Crippen molar-refractivity contribution in [3.05, 3.63) is 23.3 Å². The molecule has 2 aliphatic rings. The molecule has 86 valence electrons. The van der Waals surface area contributed by atoms with Crippen molar-refractivity contribution in [2.75, 3.05) is 0 Å². The molecule has 0 bridgehead atoms. The molecule has 0 spiro atoms. The van der Waals surface area contributed by atoms with Gasteiger partial charge in [0.05, 0.1) is 5.54 Å². The molecule has 1 aromatic rings. The Hall–Kier alpha value is -0.960. The number of aromatic nitrogens is 2. The van der Waals surface area contributed by atoms with Crippen molar-refractivity contribution in [2.45, 2.75) is 56.9 Å². The lowest BCUT2D eigenvalue weighted by molar-refractivity contribution is 0.428. The fraction of sp³-hybridized carbons (Fsp3) is 0.692. The second-order valence-electron chi connectivity index (χ2n) is 5.40. The predicted octanol–water partition coefficient (Wildman–Crippen LogP) is 2.39. The van der Waals surface area contributed by atoms with Gasteiger partial charge in [-0.3, -0.25) is 0 Å². The molecule has 0 atom stereocenters. The van der Waals surface area contributed by atoms with E-state index in [1.54, 1.807) is 0 Å². The second-order valence-corrected chi connectivity index (χ2v) is 5.40. The van der Waals surface area contributed by atoms with Crippen molar-refractivity contribution < 1.29 is 0 Å². The fourth-order valence-electron chi connectivity index (χ4n) is 2.63. The Bertz CT molecular complexity index is 404. The molecule has 0 unspecified atom stereocenters. The number of hydrogen-bond donors (Lipinski definition) is 1. The molecule has 3 rings (SSSR count). The van der Waals surface area contributed by atoms with Crippen molar-refractivity contribution in [3.63, 3.8) is 0 Å². The highest BCUT2D eigenvalue weighted by Crippen LogP contribution is 2.41. The zero-order valence-corrected chi connectivity index (χ0v) is 9.87. The van der Waals surface area contributed by atoms with Crippen molar-refractivity contribution >= 4 is 0 Å². The summed E-state index contributed by atoms with van der Waals surface area (Å²) in [4.78, 5) is 9.27. The Morgan fingerprint density at radius 1 is 1.25 bits per heavy atom. The molecule has 1 aromatic heterocycles. The average molecular weight is 217 g/mol. The molecule has 2 saturated carbocycles. The summed E-state index contributed by atoms with van der Waals surface area (Å²) in [6, 6.07) is 2.12. The van der Waals surface area contributed by atoms with Crippen molar-refractivity contribution in [1.29, 1.82) is 0 Å². The molecule has 0 radical (unpaired) electrons. The van der Waals surface area contributed by atoms with Gasteiger partial charge in [-0.1, -0.05) is 12.8 Å². The maximum atomic E-state index is 6.41. The SMILES string of the molecule is Cc1cc(C2CC2)nc(C2(N)CCCC2)n1. The summed E-state index contributed by atoms with van der Waals surface area (Å²) in [5.41, 5.74) is 8.47. The second kappa shape index (κ2) is 3.52. The van der Waals surface area contributed by atoms with Gasteiger partial charge in [0.25, 0.3) is 0 Å². The maximum Gasteiger partial charge on any atom is 0.148 e. The predicted molar refractivity (Wildman–Crippen MR) is 63.1 cm³/mol. The van der Waals surface area contributed by atoms with Crippen molar-refractivity contribution in [2.24, 2.45) is 5.73 Å². The van der Waals surface area contributed by atoms with Crippen LogP contribution in [-0.4, -0.2) is 9.97 Å². The number of nitrogens with two attached hydrogens (primary N) is 1. The molecule has 1 heterocycles. The van der Waals surface area contributed by atoms with Crippen LogP contribution in [0.5, 0.6) is 0 Å². The van der Waals surface area contributed by atoms with E-state index in [9.17, 15) is 0 Å². The van der Waals surface area contributed by atoms with E-state index in [1.807, 2.05) is 0 Å². The summed E-state index contributed by atoms with van der Waals surface area (Å²) < 4.78 is 0. The molecule has 16 heavy (non-hydrogen) atoms. The first kappa shape index (κ1) is 10.2. The Morgan fingerprint density at radius 2 is 1.94 bits per heavy atom. The van der Waals surface area contributed by atoms with Gasteiger partial charge in [-0.25, -0.2) is 9.97 Å². The van der Waals surface area contributed by atoms with Crippen LogP contribution in [0, 0.1) is 6.92 Å². The molecule has 0 saturated heterocycles. The Labute approximate surface area is 96.5 Å². The van der Waals surface area contributed by atoms with Gasteiger partial charge in [0.1, 0.15) is 5.82 Å². The summed E-state index contributed by atoms with van der Waals surface area (Å²) in [7, 11) is 0. The van der Waals surface area contributed by atoms with Crippen LogP contribution in [-0.2, 0) is 5.54 Å². The van der Waals surface area contributed by atoms with Gasteiger partial charge in [0, 0.05) is 17.3 Å². The first-order chi connectivity index (χ1) is 7.67. The van der Waals surface area contributed by atoms with E-state index >= 15 is 0 Å². The van der Waals surface area contributed by atoms with Crippen LogP contribution in [0.15, 0.2) is 6.07 Å². The van der Waals surface area contributed by atoms with Gasteiger partial charge in [0.2, 0.25) is 0 Å². The molecule has 0 amide bonds. The van der Waals surface area contributed by atoms with E-state index in [0.717, 1.165) is 24.4 Å². The number of hydrogen-bond acceptors (Lipinski definition) is 3. The molecule has 3 heteroatoms. The van der Waals surface area contributed by atoms with E-state index < -0.39 is 0 Å². The highest BCUT2D eigenvalue weighted by atomic mass is 15.0. The number of rotatable bonds is 2. The topological polar surface area (TPSA) is 51.8 Å². The van der Waals surface area contributed by atoms with E-state index in [0.29, 0.717) is 5.92 Å². The van der Waals surface area contributed by atoms with E-state index in [2.05, 4.69) is 18.0 Å². The smallest absolute Gasteiger partial charge is 0.148 e. The zero-order valence-electron chi connectivity index (χ0n) is 9.87. The number of aryl methyl sites for hydroxylation is 1. The molecule has 0 aromatic carbocycles. The van der Waals surface area contributed by atoms with Crippen LogP contribution < -0.4 is 5.73 Å². The quantitative estimate of drug-likeness (QED) is 0.827. The summed E-state index contributed by atoms with van der Waals surface area (Å²) in [6.07, 6.45) is 7.08. The molecule has 3 nitrogen and oxygen atoms in total. The summed E-state index contributed by atoms with van der Waals surface area (Å²) in [5.74, 6) is 1.58. The molecule has 2 N–H and O–H groups in total. The van der Waals surface area contributed by atoms with Crippen LogP contribution in [0.3, 0.4) is 0 Å². The monoisotopic (exact) mass is 217 g/mol. The molecule has 2 aliphatic carbocycles. The maximum absolute atomic E-state index is 6.41. The minimum Gasteiger partial charge on any atom is -0.319 e. The highest BCUT2D eigenvalue weighted by molar-refractivity contribution is 5.21. The standard InChI is InChI=1S/C13H19N3/c1-9-8-11(10-4-5-10)16-12(15-9)13(14)6-2-3-7-13/h8,10H,2-7,14H2,1H3. The fourth-order valence-corrected chi connectivity index (χ4v) is 2.63. The molecular formula is C13H19N3. The molecule has 0 aliphatic heterocycles. The van der Waals surface area contributed by atoms with Gasteiger partial charge in [-0.15, -0.1) is 0 Å². The Kier molecular flexibility index (Phi) is 2.25. The van der Waals surface area contributed by atoms with Crippen LogP contribution in [0.25, 0.3) is 0 Å². The lowest BCUT2D eigenvalue weighted by Crippen LogP contribution is -2.35. The zero-order chi connectivity index (χ0) is 11.2. The lowest BCUT2D eigenvalue weighted by atomic mass is 9.97. The van der Waals surface area contributed by atoms with Crippen LogP contribution in [0.2, 0.25) is 0 Å². The third kappa shape index (κ3) is 1.73. The summed E-state index contributed by atoms with van der Waals surface area (Å²) in [5, 5.41) is 0. The van der Waals surface area contributed by atoms with E-state index in [-0.39, 0.29) is 5.54 Å². The Balaban J connectivity index is 1.99. The minimum absolute atomic E-state index is 0.240. The van der Waals surface area contributed by atoms with Crippen LogP contribution in [0.1, 0.15) is 61.7 Å². The third-order valence-electron chi connectivity index (χ3n) is 3.81. The summed E-state index contributed by atoms with van der Waals surface area (Å²) in [6.45, 7) is 2.05. The highest BCUT2D eigenvalue weighted by Gasteiger charge is 2.35. The summed E-state index contributed by atoms with van der Waals surface area (Å²) >= 11 is 0. The largest absolute Gasteiger partial charge is 0.319 e. The third-order valence-corrected chi connectivity index (χ3v) is 3.81. The van der Waals surface area contributed by atoms with E-state index in [4.69, 9.17) is 10.7 Å². The Morgan fingerprint density at radius 3 is 2.56 bits per heavy atom. The number of nitrogens with zero attached hydrogens (tertiary/aromatic N) is 2. The molecular weight excluding hydrogens is 198 g/mol. The van der Waals surface area contributed by atoms with E-state index in [1.165, 1.54) is 31.4 Å². The van der Waals surface area contributed by atoms with Gasteiger partial charge < -0.3 is 5.73 Å². The van der Waals surface area contributed by atoms with Gasteiger partial charge >= 0.3 is 0 Å². The van der Waals surface area contributed by atoms with Crippen LogP contribution >= 0.6 is 0 Å². The van der Waals surface area contributed by atoms with Gasteiger partial charge in [-0.2, -0.15) is 0 Å². The normalized spacial score (nSPS) is 23.6. The molecule has 2 fully saturated rings.